The van der Waals surface area contributed by atoms with Gasteiger partial charge in [-0.2, -0.15) is 0 Å². The highest BCUT2D eigenvalue weighted by Gasteiger charge is 2.14. The van der Waals surface area contributed by atoms with Gasteiger partial charge in [0, 0.05) is 17.7 Å². The first kappa shape index (κ1) is 15.0. The number of rotatable bonds is 4. The van der Waals surface area contributed by atoms with Gasteiger partial charge in [-0.05, 0) is 18.9 Å². The van der Waals surface area contributed by atoms with Crippen molar-refractivity contribution in [3.05, 3.63) is 47.8 Å². The van der Waals surface area contributed by atoms with Crippen molar-refractivity contribution in [1.29, 1.82) is 0 Å². The van der Waals surface area contributed by atoms with E-state index in [9.17, 15) is 13.2 Å². The zero-order valence-corrected chi connectivity index (χ0v) is 9.37. The summed E-state index contributed by atoms with van der Waals surface area (Å²) in [6.45, 7) is 3.50. The molecule has 1 aromatic carbocycles. The van der Waals surface area contributed by atoms with Gasteiger partial charge < -0.3 is 5.73 Å². The van der Waals surface area contributed by atoms with Crippen molar-refractivity contribution in [3.8, 4) is 0 Å². The van der Waals surface area contributed by atoms with Crippen LogP contribution in [0.2, 0.25) is 0 Å². The largest absolute Gasteiger partial charge is 0.324 e. The molecule has 0 unspecified atom stereocenters. The van der Waals surface area contributed by atoms with Crippen LogP contribution in [0.15, 0.2) is 24.8 Å². The first-order valence-corrected chi connectivity index (χ1v) is 4.57. The third-order valence-electron chi connectivity index (χ3n) is 2.12. The van der Waals surface area contributed by atoms with Gasteiger partial charge in [0.05, 0.1) is 0 Å². The Morgan fingerprint density at radius 1 is 1.19 bits per heavy atom. The van der Waals surface area contributed by atoms with Gasteiger partial charge in [-0.15, -0.1) is 19.0 Å². The Balaban J connectivity index is 0.00000225. The molecule has 1 nitrogen and oxygen atoms in total. The molecule has 90 valence electrons. The minimum Gasteiger partial charge on any atom is -0.324 e. The van der Waals surface area contributed by atoms with E-state index in [1.165, 1.54) is 0 Å². The molecule has 0 aliphatic rings. The lowest BCUT2D eigenvalue weighted by Gasteiger charge is -2.12. The highest BCUT2D eigenvalue weighted by Crippen LogP contribution is 2.22. The lowest BCUT2D eigenvalue weighted by atomic mass is 10.0. The van der Waals surface area contributed by atoms with E-state index in [1.807, 2.05) is 0 Å². The summed E-state index contributed by atoms with van der Waals surface area (Å²) in [7, 11) is 0. The average Bonchev–Trinajstić information content (AvgIpc) is 2.20. The first-order valence-electron chi connectivity index (χ1n) is 4.57. The topological polar surface area (TPSA) is 26.0 Å². The van der Waals surface area contributed by atoms with Crippen molar-refractivity contribution in [3.63, 3.8) is 0 Å². The lowest BCUT2D eigenvalue weighted by molar-refractivity contribution is 0.481. The molecule has 0 radical (unpaired) electrons. The summed E-state index contributed by atoms with van der Waals surface area (Å²) in [5.74, 6) is -3.10. The molecule has 0 saturated carbocycles. The highest BCUT2D eigenvalue weighted by molar-refractivity contribution is 5.85. The second kappa shape index (κ2) is 6.55. The SMILES string of the molecule is C=CCC[C@@H](N)c1cc(F)c(F)cc1F.Cl. The highest BCUT2D eigenvalue weighted by atomic mass is 35.5. The van der Waals surface area contributed by atoms with E-state index in [4.69, 9.17) is 5.73 Å². The van der Waals surface area contributed by atoms with E-state index in [0.29, 0.717) is 18.9 Å². The van der Waals surface area contributed by atoms with Crippen molar-refractivity contribution >= 4 is 12.4 Å². The zero-order valence-electron chi connectivity index (χ0n) is 8.55. The van der Waals surface area contributed by atoms with Crippen LogP contribution in [0.5, 0.6) is 0 Å². The minimum atomic E-state index is -1.20. The van der Waals surface area contributed by atoms with Crippen molar-refractivity contribution in [1.82, 2.24) is 0 Å². The van der Waals surface area contributed by atoms with Crippen molar-refractivity contribution < 1.29 is 13.2 Å². The molecule has 0 fully saturated rings. The quantitative estimate of drug-likeness (QED) is 0.643. The Hall–Kier alpha value is -1.000. The smallest absolute Gasteiger partial charge is 0.161 e. The molecule has 0 aliphatic heterocycles. The van der Waals surface area contributed by atoms with E-state index in [-0.39, 0.29) is 18.0 Å². The molecular formula is C11H13ClF3N. The molecule has 0 amide bonds. The molecule has 2 N–H and O–H groups in total. The maximum atomic E-state index is 13.2. The van der Waals surface area contributed by atoms with Crippen molar-refractivity contribution in [2.24, 2.45) is 5.73 Å². The van der Waals surface area contributed by atoms with E-state index < -0.39 is 23.5 Å². The third-order valence-corrected chi connectivity index (χ3v) is 2.12. The van der Waals surface area contributed by atoms with E-state index in [0.717, 1.165) is 6.07 Å². The predicted molar refractivity (Wildman–Crippen MR) is 59.9 cm³/mol. The number of halogens is 4. The summed E-state index contributed by atoms with van der Waals surface area (Å²) < 4.78 is 38.6. The average molecular weight is 252 g/mol. The zero-order chi connectivity index (χ0) is 11.4. The molecular weight excluding hydrogens is 239 g/mol. The molecule has 0 heterocycles. The predicted octanol–water partition coefficient (Wildman–Crippen LogP) is 3.49. The Bertz CT molecular complexity index is 368. The van der Waals surface area contributed by atoms with Crippen LogP contribution < -0.4 is 5.73 Å². The van der Waals surface area contributed by atoms with Gasteiger partial charge in [0.1, 0.15) is 5.82 Å². The number of allylic oxidation sites excluding steroid dienone is 1. The van der Waals surface area contributed by atoms with Gasteiger partial charge in [0.25, 0.3) is 0 Å². The second-order valence-corrected chi connectivity index (χ2v) is 3.26. The third kappa shape index (κ3) is 3.54. The van der Waals surface area contributed by atoms with Crippen LogP contribution >= 0.6 is 12.4 Å². The summed E-state index contributed by atoms with van der Waals surface area (Å²) >= 11 is 0. The van der Waals surface area contributed by atoms with Crippen LogP contribution in [0.25, 0.3) is 0 Å². The summed E-state index contributed by atoms with van der Waals surface area (Å²) in [4.78, 5) is 0. The normalized spacial score (nSPS) is 11.8. The standard InChI is InChI=1S/C11H12F3N.ClH/c1-2-3-4-11(15)7-5-9(13)10(14)6-8(7)12;/h2,5-6,11H,1,3-4,15H2;1H/t11-;/m1./s1. The van der Waals surface area contributed by atoms with Crippen LogP contribution in [-0.4, -0.2) is 0 Å². The van der Waals surface area contributed by atoms with Gasteiger partial charge in [-0.25, -0.2) is 13.2 Å². The second-order valence-electron chi connectivity index (χ2n) is 3.26. The maximum Gasteiger partial charge on any atom is 0.161 e. The lowest BCUT2D eigenvalue weighted by Crippen LogP contribution is -2.12. The van der Waals surface area contributed by atoms with Crippen LogP contribution in [0.3, 0.4) is 0 Å². The molecule has 0 bridgehead atoms. The fourth-order valence-electron chi connectivity index (χ4n) is 1.28. The number of nitrogens with two attached hydrogens (primary N) is 1. The van der Waals surface area contributed by atoms with Crippen molar-refractivity contribution in [2.45, 2.75) is 18.9 Å². The molecule has 1 aromatic rings. The molecule has 0 aromatic heterocycles. The molecule has 1 atom stereocenters. The van der Waals surface area contributed by atoms with Gasteiger partial charge in [-0.1, -0.05) is 6.08 Å². The number of benzene rings is 1. The van der Waals surface area contributed by atoms with Gasteiger partial charge in [0.15, 0.2) is 11.6 Å². The van der Waals surface area contributed by atoms with Gasteiger partial charge in [-0.3, -0.25) is 0 Å². The number of hydrogen-bond acceptors (Lipinski definition) is 1. The maximum absolute atomic E-state index is 13.2. The van der Waals surface area contributed by atoms with Crippen LogP contribution in [0.4, 0.5) is 13.2 Å². The molecule has 1 rings (SSSR count). The van der Waals surface area contributed by atoms with E-state index in [2.05, 4.69) is 6.58 Å². The van der Waals surface area contributed by atoms with Crippen LogP contribution in [0, 0.1) is 17.5 Å². The monoisotopic (exact) mass is 251 g/mol. The molecule has 0 aliphatic carbocycles. The number of hydrogen-bond donors (Lipinski definition) is 1. The fourth-order valence-corrected chi connectivity index (χ4v) is 1.28. The Morgan fingerprint density at radius 3 is 2.31 bits per heavy atom. The Kier molecular flexibility index (Phi) is 6.14. The van der Waals surface area contributed by atoms with E-state index >= 15 is 0 Å². The molecule has 0 spiro atoms. The minimum absolute atomic E-state index is 0. The molecule has 5 heteroatoms. The summed E-state index contributed by atoms with van der Waals surface area (Å²) in [6.07, 6.45) is 2.68. The van der Waals surface area contributed by atoms with Crippen LogP contribution in [0.1, 0.15) is 24.4 Å². The fraction of sp³-hybridized carbons (Fsp3) is 0.273. The summed E-state index contributed by atoms with van der Waals surface area (Å²) in [6, 6.07) is 0.676. The summed E-state index contributed by atoms with van der Waals surface area (Å²) in [5.41, 5.74) is 5.62. The Morgan fingerprint density at radius 2 is 1.75 bits per heavy atom. The first-order chi connectivity index (χ1) is 7.06. The van der Waals surface area contributed by atoms with Crippen LogP contribution in [-0.2, 0) is 0 Å². The summed E-state index contributed by atoms with van der Waals surface area (Å²) in [5, 5.41) is 0. The van der Waals surface area contributed by atoms with Crippen molar-refractivity contribution in [2.75, 3.05) is 0 Å². The van der Waals surface area contributed by atoms with E-state index in [1.54, 1.807) is 6.08 Å². The Labute approximate surface area is 98.6 Å². The van der Waals surface area contributed by atoms with Gasteiger partial charge >= 0.3 is 0 Å². The molecule has 16 heavy (non-hydrogen) atoms. The molecule has 0 saturated heterocycles. The van der Waals surface area contributed by atoms with Gasteiger partial charge in [0.2, 0.25) is 0 Å².